The van der Waals surface area contributed by atoms with Crippen LogP contribution >= 0.6 is 0 Å². The van der Waals surface area contributed by atoms with Crippen molar-refractivity contribution in [3.05, 3.63) is 58.7 Å². The number of hydrogen-bond donors (Lipinski definition) is 2. The van der Waals surface area contributed by atoms with Gasteiger partial charge in [-0.3, -0.25) is 9.78 Å². The van der Waals surface area contributed by atoms with Crippen molar-refractivity contribution in [2.75, 3.05) is 13.7 Å². The first-order valence-electron chi connectivity index (χ1n) is 12.1. The van der Waals surface area contributed by atoms with Crippen molar-refractivity contribution >= 4 is 18.0 Å². The Morgan fingerprint density at radius 3 is 2.19 bits per heavy atom. The summed E-state index contributed by atoms with van der Waals surface area (Å²) in [6.45, 7) is 9.71. The van der Waals surface area contributed by atoms with Gasteiger partial charge < -0.3 is 19.7 Å². The van der Waals surface area contributed by atoms with Crippen molar-refractivity contribution in [3.8, 4) is 11.1 Å². The number of ether oxygens (including phenoxy) is 2. The van der Waals surface area contributed by atoms with Gasteiger partial charge in [-0.05, 0) is 36.5 Å². The maximum absolute atomic E-state index is 13.8. The van der Waals surface area contributed by atoms with Crippen LogP contribution in [0.3, 0.4) is 0 Å². The van der Waals surface area contributed by atoms with Crippen LogP contribution in [0.4, 0.5) is 4.39 Å². The van der Waals surface area contributed by atoms with Crippen molar-refractivity contribution in [1.82, 2.24) is 4.98 Å². The number of methoxy groups -OCH3 is 1. The van der Waals surface area contributed by atoms with Crippen LogP contribution in [0, 0.1) is 5.82 Å². The van der Waals surface area contributed by atoms with Crippen molar-refractivity contribution in [2.24, 2.45) is 0 Å². The minimum absolute atomic E-state index is 0.0420. The monoisotopic (exact) mass is 501 g/mol. The van der Waals surface area contributed by atoms with Gasteiger partial charge in [-0.15, -0.1) is 0 Å². The highest BCUT2D eigenvalue weighted by Crippen LogP contribution is 2.38. The number of aliphatic hydroxyl groups excluding tert-OH is 2. The Morgan fingerprint density at radius 1 is 1.06 bits per heavy atom. The van der Waals surface area contributed by atoms with E-state index in [4.69, 9.17) is 9.72 Å². The van der Waals surface area contributed by atoms with Crippen LogP contribution in [0.15, 0.2) is 30.3 Å². The molecule has 2 unspecified atom stereocenters. The average molecular weight is 502 g/mol. The molecular formula is C28H36FNO6. The van der Waals surface area contributed by atoms with Gasteiger partial charge in [-0.2, -0.15) is 0 Å². The van der Waals surface area contributed by atoms with Gasteiger partial charge in [0.25, 0.3) is 0 Å². The second-order valence-corrected chi connectivity index (χ2v) is 9.18. The van der Waals surface area contributed by atoms with E-state index in [1.165, 1.54) is 25.3 Å². The molecule has 36 heavy (non-hydrogen) atoms. The Hall–Kier alpha value is -3.10. The molecule has 0 spiro atoms. The number of halogens is 1. The second kappa shape index (κ2) is 13.3. The standard InChI is InChI=1S/C28H36FNO6/c1-7-36-28(34)25-24(18-8-10-19(29)11-9-18)22(26(16(2)3)30-27(25)17(4)5)13-12-20(31)14-21(32)15-23(33)35-6/h8-13,16-17,20-21,31-32H,7,14-15H2,1-6H3/b13-12+. The Balaban J connectivity index is 2.74. The number of aromatic nitrogens is 1. The molecule has 2 aromatic rings. The summed E-state index contributed by atoms with van der Waals surface area (Å²) in [6, 6.07) is 5.82. The molecule has 1 aromatic heterocycles. The zero-order valence-electron chi connectivity index (χ0n) is 21.7. The van der Waals surface area contributed by atoms with Gasteiger partial charge in [0.2, 0.25) is 0 Å². The van der Waals surface area contributed by atoms with Crippen molar-refractivity contribution in [1.29, 1.82) is 0 Å². The number of rotatable bonds is 11. The van der Waals surface area contributed by atoms with Crippen LogP contribution in [0.1, 0.15) is 86.6 Å². The lowest BCUT2D eigenvalue weighted by atomic mass is 9.86. The molecule has 2 atom stereocenters. The molecule has 196 valence electrons. The first-order chi connectivity index (χ1) is 17.0. The normalized spacial score (nSPS) is 13.3. The van der Waals surface area contributed by atoms with Crippen LogP contribution in [0.2, 0.25) is 0 Å². The highest BCUT2D eigenvalue weighted by atomic mass is 19.1. The van der Waals surface area contributed by atoms with Crippen LogP contribution < -0.4 is 0 Å². The molecule has 0 saturated heterocycles. The summed E-state index contributed by atoms with van der Waals surface area (Å²) in [5, 5.41) is 20.6. The molecule has 1 aromatic carbocycles. The van der Waals surface area contributed by atoms with Crippen molar-refractivity contribution in [3.63, 3.8) is 0 Å². The number of aliphatic hydroxyl groups is 2. The summed E-state index contributed by atoms with van der Waals surface area (Å²) < 4.78 is 23.7. The quantitative estimate of drug-likeness (QED) is 0.418. The zero-order chi connectivity index (χ0) is 27.0. The van der Waals surface area contributed by atoms with E-state index in [1.807, 2.05) is 27.7 Å². The molecule has 0 aliphatic heterocycles. The summed E-state index contributed by atoms with van der Waals surface area (Å²) in [5.41, 5.74) is 3.29. The molecule has 8 heteroatoms. The number of carbonyl (C=O) groups is 2. The Labute approximate surface area is 212 Å². The van der Waals surface area contributed by atoms with E-state index >= 15 is 0 Å². The van der Waals surface area contributed by atoms with Crippen molar-refractivity contribution < 1.29 is 33.7 Å². The number of nitrogens with zero attached hydrogens (tertiary/aromatic N) is 1. The molecule has 0 aliphatic rings. The first kappa shape index (κ1) is 29.1. The molecule has 0 amide bonds. The average Bonchev–Trinajstić information content (AvgIpc) is 2.81. The predicted octanol–water partition coefficient (Wildman–Crippen LogP) is 5.00. The van der Waals surface area contributed by atoms with Crippen LogP contribution in [-0.2, 0) is 14.3 Å². The largest absolute Gasteiger partial charge is 0.469 e. The Bertz CT molecular complexity index is 1080. The number of benzene rings is 1. The zero-order valence-corrected chi connectivity index (χ0v) is 21.7. The lowest BCUT2D eigenvalue weighted by molar-refractivity contribution is -0.143. The molecule has 0 fully saturated rings. The number of esters is 2. The Morgan fingerprint density at radius 2 is 1.67 bits per heavy atom. The van der Waals surface area contributed by atoms with Gasteiger partial charge in [-0.25, -0.2) is 9.18 Å². The van der Waals surface area contributed by atoms with E-state index in [1.54, 1.807) is 25.1 Å². The minimum Gasteiger partial charge on any atom is -0.469 e. The molecule has 1 heterocycles. The van der Waals surface area contributed by atoms with Gasteiger partial charge >= 0.3 is 11.9 Å². The van der Waals surface area contributed by atoms with E-state index in [0.717, 1.165) is 0 Å². The SMILES string of the molecule is CCOC(=O)c1c(C(C)C)nc(C(C)C)c(/C=C/C(O)CC(O)CC(=O)OC)c1-c1ccc(F)cc1. The number of carbonyl (C=O) groups excluding carboxylic acids is 2. The fourth-order valence-corrected chi connectivity index (χ4v) is 3.91. The third-order valence-corrected chi connectivity index (χ3v) is 5.63. The summed E-state index contributed by atoms with van der Waals surface area (Å²) in [6.07, 6.45) is 0.647. The van der Waals surface area contributed by atoms with Gasteiger partial charge in [0, 0.05) is 17.5 Å². The second-order valence-electron chi connectivity index (χ2n) is 9.18. The summed E-state index contributed by atoms with van der Waals surface area (Å²) in [4.78, 5) is 29.5. The van der Waals surface area contributed by atoms with Gasteiger partial charge in [0.05, 0.1) is 49.3 Å². The predicted molar refractivity (Wildman–Crippen MR) is 136 cm³/mol. The van der Waals surface area contributed by atoms with Crippen LogP contribution in [-0.4, -0.2) is 53.1 Å². The summed E-state index contributed by atoms with van der Waals surface area (Å²) >= 11 is 0. The lowest BCUT2D eigenvalue weighted by Crippen LogP contribution is -2.20. The summed E-state index contributed by atoms with van der Waals surface area (Å²) in [5.74, 6) is -1.66. The number of hydrogen-bond acceptors (Lipinski definition) is 7. The van der Waals surface area contributed by atoms with E-state index in [-0.39, 0.29) is 31.3 Å². The summed E-state index contributed by atoms with van der Waals surface area (Å²) in [7, 11) is 1.23. The minimum atomic E-state index is -1.09. The number of pyridine rings is 1. The smallest absolute Gasteiger partial charge is 0.340 e. The van der Waals surface area contributed by atoms with E-state index < -0.39 is 30.0 Å². The fraction of sp³-hybridized carbons (Fsp3) is 0.464. The van der Waals surface area contributed by atoms with E-state index in [2.05, 4.69) is 4.74 Å². The molecular weight excluding hydrogens is 465 g/mol. The maximum atomic E-state index is 13.8. The first-order valence-corrected chi connectivity index (χ1v) is 12.1. The molecule has 2 N–H and O–H groups in total. The molecule has 2 rings (SSSR count). The van der Waals surface area contributed by atoms with Crippen LogP contribution in [0.5, 0.6) is 0 Å². The molecule has 7 nitrogen and oxygen atoms in total. The molecule has 0 bridgehead atoms. The Kier molecular flexibility index (Phi) is 10.7. The molecule has 0 saturated carbocycles. The molecule has 0 radical (unpaired) electrons. The van der Waals surface area contributed by atoms with E-state index in [9.17, 15) is 24.2 Å². The highest BCUT2D eigenvalue weighted by molar-refractivity contribution is 6.01. The van der Waals surface area contributed by atoms with Crippen molar-refractivity contribution in [2.45, 2.75) is 71.5 Å². The third kappa shape index (κ3) is 7.45. The van der Waals surface area contributed by atoms with E-state index in [0.29, 0.717) is 33.6 Å². The molecule has 0 aliphatic carbocycles. The fourth-order valence-electron chi connectivity index (χ4n) is 3.91. The van der Waals surface area contributed by atoms with Gasteiger partial charge in [-0.1, -0.05) is 52.0 Å². The van der Waals surface area contributed by atoms with Gasteiger partial charge in [0.15, 0.2) is 0 Å². The maximum Gasteiger partial charge on any atom is 0.340 e. The third-order valence-electron chi connectivity index (χ3n) is 5.63. The highest BCUT2D eigenvalue weighted by Gasteiger charge is 2.28. The van der Waals surface area contributed by atoms with Crippen LogP contribution in [0.25, 0.3) is 17.2 Å². The van der Waals surface area contributed by atoms with Gasteiger partial charge in [0.1, 0.15) is 5.82 Å². The topological polar surface area (TPSA) is 106 Å². The lowest BCUT2D eigenvalue weighted by Gasteiger charge is -2.23.